The summed E-state index contributed by atoms with van der Waals surface area (Å²) in [5.41, 5.74) is 5.50. The Balaban J connectivity index is 1.66. The van der Waals surface area contributed by atoms with E-state index in [9.17, 15) is 9.90 Å². The molecule has 1 N–H and O–H groups in total. The molecule has 144 valence electrons. The highest BCUT2D eigenvalue weighted by atomic mass is 16.4. The molecule has 0 spiro atoms. The van der Waals surface area contributed by atoms with Gasteiger partial charge in [0.05, 0.1) is 17.3 Å². The fraction of sp³-hybridized carbons (Fsp3) is 0.304. The molecule has 1 saturated heterocycles. The Labute approximate surface area is 165 Å². The van der Waals surface area contributed by atoms with Crippen LogP contribution in [0.5, 0.6) is 0 Å². The van der Waals surface area contributed by atoms with E-state index in [1.807, 2.05) is 35.0 Å². The molecule has 4 rings (SSSR count). The van der Waals surface area contributed by atoms with Gasteiger partial charge in [0.15, 0.2) is 0 Å². The molecule has 0 amide bonds. The number of likely N-dealkylation sites (tertiary alicyclic amines) is 1. The molecule has 5 heteroatoms. The van der Waals surface area contributed by atoms with Crippen molar-refractivity contribution in [2.24, 2.45) is 5.92 Å². The van der Waals surface area contributed by atoms with Gasteiger partial charge >= 0.3 is 5.97 Å². The summed E-state index contributed by atoms with van der Waals surface area (Å²) in [7, 11) is 0. The van der Waals surface area contributed by atoms with Gasteiger partial charge in [-0.15, -0.1) is 0 Å². The zero-order chi connectivity index (χ0) is 19.5. The van der Waals surface area contributed by atoms with E-state index in [0.29, 0.717) is 19.5 Å². The first-order chi connectivity index (χ1) is 13.6. The lowest BCUT2D eigenvalue weighted by Gasteiger charge is -2.15. The van der Waals surface area contributed by atoms with Crippen LogP contribution in [-0.2, 0) is 17.8 Å². The molecule has 0 saturated carbocycles. The minimum Gasteiger partial charge on any atom is -0.481 e. The summed E-state index contributed by atoms with van der Waals surface area (Å²) in [6.07, 6.45) is 3.80. The Morgan fingerprint density at radius 1 is 1.14 bits per heavy atom. The summed E-state index contributed by atoms with van der Waals surface area (Å²) >= 11 is 0. The second kappa shape index (κ2) is 7.98. The fourth-order valence-electron chi connectivity index (χ4n) is 3.80. The number of hydrogen-bond donors (Lipinski definition) is 1. The molecule has 2 aromatic carbocycles. The third-order valence-electron chi connectivity index (χ3n) is 5.46. The molecular weight excluding hydrogens is 350 g/mol. The van der Waals surface area contributed by atoms with Crippen LogP contribution < -0.4 is 0 Å². The molecule has 3 aromatic rings. The fourth-order valence-corrected chi connectivity index (χ4v) is 3.80. The molecular formula is C23H25N3O2. The molecule has 2 heterocycles. The second-order valence-corrected chi connectivity index (χ2v) is 7.39. The van der Waals surface area contributed by atoms with Gasteiger partial charge in [0.1, 0.15) is 0 Å². The van der Waals surface area contributed by atoms with Crippen LogP contribution >= 0.6 is 0 Å². The zero-order valence-electron chi connectivity index (χ0n) is 16.1. The van der Waals surface area contributed by atoms with Crippen molar-refractivity contribution in [3.05, 3.63) is 71.9 Å². The minimum absolute atomic E-state index is 0.267. The van der Waals surface area contributed by atoms with Crippen LogP contribution in [0.15, 0.2) is 60.8 Å². The van der Waals surface area contributed by atoms with Crippen molar-refractivity contribution in [1.29, 1.82) is 0 Å². The summed E-state index contributed by atoms with van der Waals surface area (Å²) in [4.78, 5) is 13.5. The number of nitrogens with zero attached hydrogens (tertiary/aromatic N) is 3. The maximum absolute atomic E-state index is 11.3. The lowest BCUT2D eigenvalue weighted by molar-refractivity contribution is -0.141. The number of hydrogen-bond acceptors (Lipinski definition) is 3. The topological polar surface area (TPSA) is 58.4 Å². The number of carbonyl (C=O) groups is 1. The molecule has 1 aromatic heterocycles. The summed E-state index contributed by atoms with van der Waals surface area (Å²) in [5.74, 6) is -0.964. The first-order valence-electron chi connectivity index (χ1n) is 9.82. The maximum atomic E-state index is 11.3. The van der Waals surface area contributed by atoms with Gasteiger partial charge in [-0.1, -0.05) is 49.4 Å². The lowest BCUT2D eigenvalue weighted by atomic mass is 10.0. The van der Waals surface area contributed by atoms with Gasteiger partial charge in [0.2, 0.25) is 0 Å². The van der Waals surface area contributed by atoms with Gasteiger partial charge in [-0.05, 0) is 37.1 Å². The van der Waals surface area contributed by atoms with E-state index >= 15 is 0 Å². The van der Waals surface area contributed by atoms with E-state index in [4.69, 9.17) is 5.10 Å². The first kappa shape index (κ1) is 18.4. The second-order valence-electron chi connectivity index (χ2n) is 7.39. The summed E-state index contributed by atoms with van der Waals surface area (Å²) < 4.78 is 1.92. The van der Waals surface area contributed by atoms with E-state index < -0.39 is 5.97 Å². The van der Waals surface area contributed by atoms with Gasteiger partial charge in [-0.3, -0.25) is 9.69 Å². The number of carboxylic acids is 1. The Kier molecular flexibility index (Phi) is 5.26. The molecule has 0 radical (unpaired) electrons. The van der Waals surface area contributed by atoms with Gasteiger partial charge in [0, 0.05) is 30.4 Å². The highest BCUT2D eigenvalue weighted by Gasteiger charge is 2.28. The molecule has 1 fully saturated rings. The van der Waals surface area contributed by atoms with Crippen LogP contribution in [0.25, 0.3) is 16.9 Å². The normalized spacial score (nSPS) is 17.1. The molecule has 28 heavy (non-hydrogen) atoms. The predicted octanol–water partition coefficient (Wildman–Crippen LogP) is 4.01. The Hall–Kier alpha value is -2.92. The standard InChI is InChI=1S/C23H25N3O2/c1-2-17-8-10-18(11-9-17)22-20(15-25-13-12-19(14-25)23(27)28)16-26(24-22)21-6-4-3-5-7-21/h3-11,16,19H,2,12-15H2,1H3,(H,27,28). The first-order valence-corrected chi connectivity index (χ1v) is 9.82. The Bertz CT molecular complexity index is 948. The summed E-state index contributed by atoms with van der Waals surface area (Å²) in [6.45, 7) is 4.26. The number of rotatable bonds is 6. The van der Waals surface area contributed by atoms with Gasteiger partial charge in [-0.2, -0.15) is 5.10 Å². The highest BCUT2D eigenvalue weighted by Crippen LogP contribution is 2.27. The van der Waals surface area contributed by atoms with Crippen molar-refractivity contribution in [3.8, 4) is 16.9 Å². The molecule has 1 atom stereocenters. The van der Waals surface area contributed by atoms with Crippen molar-refractivity contribution in [2.75, 3.05) is 13.1 Å². The monoisotopic (exact) mass is 375 g/mol. The van der Waals surface area contributed by atoms with Crippen molar-refractivity contribution < 1.29 is 9.90 Å². The molecule has 1 aliphatic rings. The summed E-state index contributed by atoms with van der Waals surface area (Å²) in [5, 5.41) is 14.2. The minimum atomic E-state index is -0.696. The van der Waals surface area contributed by atoms with Crippen LogP contribution in [0.4, 0.5) is 0 Å². The number of benzene rings is 2. The van der Waals surface area contributed by atoms with Gasteiger partial charge in [-0.25, -0.2) is 4.68 Å². The third kappa shape index (κ3) is 3.85. The van der Waals surface area contributed by atoms with Crippen molar-refractivity contribution in [1.82, 2.24) is 14.7 Å². The maximum Gasteiger partial charge on any atom is 0.307 e. The van der Waals surface area contributed by atoms with E-state index in [2.05, 4.69) is 42.3 Å². The largest absolute Gasteiger partial charge is 0.481 e. The van der Waals surface area contributed by atoms with Gasteiger partial charge < -0.3 is 5.11 Å². The van der Waals surface area contributed by atoms with Crippen LogP contribution in [0, 0.1) is 5.92 Å². The number of carboxylic acid groups (broad SMARTS) is 1. The molecule has 1 unspecified atom stereocenters. The average Bonchev–Trinajstić information content (AvgIpc) is 3.37. The van der Waals surface area contributed by atoms with E-state index in [1.165, 1.54) is 5.56 Å². The smallest absolute Gasteiger partial charge is 0.307 e. The molecule has 5 nitrogen and oxygen atoms in total. The van der Waals surface area contributed by atoms with Crippen molar-refractivity contribution in [3.63, 3.8) is 0 Å². The third-order valence-corrected chi connectivity index (χ3v) is 5.46. The predicted molar refractivity (Wildman–Crippen MR) is 109 cm³/mol. The number of aliphatic carboxylic acids is 1. The average molecular weight is 375 g/mol. The molecule has 0 bridgehead atoms. The van der Waals surface area contributed by atoms with Gasteiger partial charge in [0.25, 0.3) is 0 Å². The molecule has 1 aliphatic heterocycles. The highest BCUT2D eigenvalue weighted by molar-refractivity contribution is 5.70. The van der Waals surface area contributed by atoms with Crippen LogP contribution in [0.3, 0.4) is 0 Å². The van der Waals surface area contributed by atoms with Crippen LogP contribution in [0.1, 0.15) is 24.5 Å². The Morgan fingerprint density at radius 3 is 2.54 bits per heavy atom. The Morgan fingerprint density at radius 2 is 1.89 bits per heavy atom. The van der Waals surface area contributed by atoms with Crippen LogP contribution in [0.2, 0.25) is 0 Å². The number of para-hydroxylation sites is 1. The quantitative estimate of drug-likeness (QED) is 0.707. The van der Waals surface area contributed by atoms with Crippen LogP contribution in [-0.4, -0.2) is 38.8 Å². The SMILES string of the molecule is CCc1ccc(-c2nn(-c3ccccc3)cc2CN2CCC(C(=O)O)C2)cc1. The van der Waals surface area contributed by atoms with Crippen molar-refractivity contribution >= 4 is 5.97 Å². The number of aromatic nitrogens is 2. The van der Waals surface area contributed by atoms with Crippen molar-refractivity contribution in [2.45, 2.75) is 26.3 Å². The van der Waals surface area contributed by atoms with E-state index in [0.717, 1.165) is 35.5 Å². The lowest BCUT2D eigenvalue weighted by Crippen LogP contribution is -2.22. The van der Waals surface area contributed by atoms with E-state index in [1.54, 1.807) is 0 Å². The summed E-state index contributed by atoms with van der Waals surface area (Å²) in [6, 6.07) is 18.6. The van der Waals surface area contributed by atoms with E-state index in [-0.39, 0.29) is 5.92 Å². The zero-order valence-corrected chi connectivity index (χ0v) is 16.1. The number of aryl methyl sites for hydroxylation is 1. The molecule has 0 aliphatic carbocycles.